The minimum absolute atomic E-state index is 0.577. The highest BCUT2D eigenvalue weighted by atomic mass is 32.2. The summed E-state index contributed by atoms with van der Waals surface area (Å²) in [4.78, 5) is 0. The highest BCUT2D eigenvalue weighted by Gasteiger charge is 2.13. The molecule has 0 saturated carbocycles. The van der Waals surface area contributed by atoms with Crippen LogP contribution in [0.25, 0.3) is 5.69 Å². The topological polar surface area (TPSA) is 62.1 Å². The van der Waals surface area contributed by atoms with Crippen molar-refractivity contribution in [3.05, 3.63) is 54.1 Å². The Hall–Kier alpha value is -2.54. The number of rotatable bonds is 8. The molecule has 0 N–H and O–H groups in total. The Morgan fingerprint density at radius 3 is 2.64 bits per heavy atom. The zero-order valence-electron chi connectivity index (χ0n) is 14.3. The predicted octanol–water partition coefficient (Wildman–Crippen LogP) is 3.54. The summed E-state index contributed by atoms with van der Waals surface area (Å²) >= 11 is 1.54. The predicted molar refractivity (Wildman–Crippen MR) is 97.7 cm³/mol. The van der Waals surface area contributed by atoms with Crippen LogP contribution < -0.4 is 9.47 Å². The number of thioether (sulfide) groups is 1. The van der Waals surface area contributed by atoms with E-state index in [1.54, 1.807) is 16.4 Å². The van der Waals surface area contributed by atoms with Crippen molar-refractivity contribution >= 4 is 11.8 Å². The molecule has 7 heteroatoms. The molecule has 6 nitrogen and oxygen atoms in total. The third kappa shape index (κ3) is 4.51. The number of ether oxygens (including phenoxy) is 2. The monoisotopic (exact) mass is 356 g/mol. The maximum Gasteiger partial charge on any atom is 0.214 e. The van der Waals surface area contributed by atoms with Crippen LogP contribution in [0.3, 0.4) is 0 Å². The first-order valence-corrected chi connectivity index (χ1v) is 9.09. The van der Waals surface area contributed by atoms with E-state index in [0.717, 1.165) is 22.9 Å². The quantitative estimate of drug-likeness (QED) is 0.454. The van der Waals surface area contributed by atoms with Crippen LogP contribution in [-0.4, -0.2) is 39.2 Å². The molecule has 3 aromatic rings. The fourth-order valence-electron chi connectivity index (χ4n) is 2.26. The van der Waals surface area contributed by atoms with Crippen molar-refractivity contribution in [3.63, 3.8) is 0 Å². The summed E-state index contributed by atoms with van der Waals surface area (Å²) in [5, 5.41) is 12.7. The molecule has 1 heterocycles. The Bertz CT molecular complexity index is 805. The number of aryl methyl sites for hydroxylation is 1. The normalized spacial score (nSPS) is 10.6. The van der Waals surface area contributed by atoms with Crippen LogP contribution >= 0.6 is 11.8 Å². The maximum atomic E-state index is 5.74. The Labute approximate surface area is 151 Å². The van der Waals surface area contributed by atoms with Gasteiger partial charge in [0.1, 0.15) is 17.2 Å². The molecule has 0 unspecified atom stereocenters. The van der Waals surface area contributed by atoms with Crippen LogP contribution in [0.1, 0.15) is 12.5 Å². The van der Waals surface area contributed by atoms with E-state index in [9.17, 15) is 0 Å². The summed E-state index contributed by atoms with van der Waals surface area (Å²) in [6, 6.07) is 15.7. The summed E-state index contributed by atoms with van der Waals surface area (Å²) in [6.07, 6.45) is 0. The molecule has 0 aliphatic carbocycles. The van der Waals surface area contributed by atoms with E-state index in [-0.39, 0.29) is 0 Å². The van der Waals surface area contributed by atoms with E-state index in [1.807, 2.05) is 55.5 Å². The molecular formula is C18H20N4O2S. The molecule has 0 amide bonds. The van der Waals surface area contributed by atoms with E-state index in [1.165, 1.54) is 5.56 Å². The molecule has 3 rings (SSSR count). The van der Waals surface area contributed by atoms with E-state index in [4.69, 9.17) is 9.47 Å². The van der Waals surface area contributed by atoms with Crippen LogP contribution in [0.2, 0.25) is 0 Å². The third-order valence-corrected chi connectivity index (χ3v) is 4.32. The van der Waals surface area contributed by atoms with Crippen molar-refractivity contribution in [3.8, 4) is 17.2 Å². The second-order valence-electron chi connectivity index (χ2n) is 5.28. The molecule has 0 aliphatic heterocycles. The largest absolute Gasteiger partial charge is 0.493 e. The van der Waals surface area contributed by atoms with Gasteiger partial charge in [0.15, 0.2) is 0 Å². The van der Waals surface area contributed by atoms with Crippen LogP contribution in [0.5, 0.6) is 11.5 Å². The second kappa shape index (κ2) is 8.53. The van der Waals surface area contributed by atoms with Gasteiger partial charge in [0.05, 0.1) is 13.2 Å². The number of benzene rings is 2. The van der Waals surface area contributed by atoms with Gasteiger partial charge in [0, 0.05) is 5.75 Å². The lowest BCUT2D eigenvalue weighted by Gasteiger charge is -2.10. The molecule has 0 bridgehead atoms. The first-order valence-electron chi connectivity index (χ1n) is 8.11. The van der Waals surface area contributed by atoms with Gasteiger partial charge in [-0.3, -0.25) is 0 Å². The van der Waals surface area contributed by atoms with Crippen LogP contribution in [-0.2, 0) is 0 Å². The van der Waals surface area contributed by atoms with E-state index < -0.39 is 0 Å². The minimum atomic E-state index is 0.577. The van der Waals surface area contributed by atoms with Crippen molar-refractivity contribution in [2.45, 2.75) is 19.0 Å². The Morgan fingerprint density at radius 1 is 1.04 bits per heavy atom. The van der Waals surface area contributed by atoms with Crippen LogP contribution in [0.15, 0.2) is 53.7 Å². The summed E-state index contributed by atoms with van der Waals surface area (Å²) in [5.41, 5.74) is 2.05. The van der Waals surface area contributed by atoms with Gasteiger partial charge >= 0.3 is 0 Å². The summed E-state index contributed by atoms with van der Waals surface area (Å²) in [7, 11) is 0. The average molecular weight is 356 g/mol. The molecular weight excluding hydrogens is 336 g/mol. The Balaban J connectivity index is 1.61. The second-order valence-corrected chi connectivity index (χ2v) is 6.35. The van der Waals surface area contributed by atoms with Gasteiger partial charge in [-0.25, -0.2) is 0 Å². The van der Waals surface area contributed by atoms with Crippen molar-refractivity contribution in [2.24, 2.45) is 0 Å². The molecule has 0 aliphatic rings. The van der Waals surface area contributed by atoms with Crippen molar-refractivity contribution in [1.29, 1.82) is 0 Å². The smallest absolute Gasteiger partial charge is 0.214 e. The highest BCUT2D eigenvalue weighted by Crippen LogP contribution is 2.25. The minimum Gasteiger partial charge on any atom is -0.493 e. The molecule has 25 heavy (non-hydrogen) atoms. The Morgan fingerprint density at radius 2 is 1.84 bits per heavy atom. The number of tetrazole rings is 1. The average Bonchev–Trinajstić information content (AvgIpc) is 3.09. The lowest BCUT2D eigenvalue weighted by atomic mass is 10.2. The van der Waals surface area contributed by atoms with Crippen LogP contribution in [0.4, 0.5) is 0 Å². The zero-order valence-corrected chi connectivity index (χ0v) is 15.1. The molecule has 0 saturated heterocycles. The van der Waals surface area contributed by atoms with Gasteiger partial charge < -0.3 is 9.47 Å². The van der Waals surface area contributed by atoms with Gasteiger partial charge in [-0.1, -0.05) is 41.6 Å². The third-order valence-electron chi connectivity index (χ3n) is 3.44. The molecule has 0 fully saturated rings. The number of para-hydroxylation sites is 2. The number of nitrogens with zero attached hydrogens (tertiary/aromatic N) is 4. The fraction of sp³-hybridized carbons (Fsp3) is 0.278. The number of hydrogen-bond donors (Lipinski definition) is 0. The van der Waals surface area contributed by atoms with Crippen LogP contribution in [0, 0.1) is 6.92 Å². The summed E-state index contributed by atoms with van der Waals surface area (Å²) in [6.45, 7) is 5.17. The van der Waals surface area contributed by atoms with Gasteiger partial charge in [0.2, 0.25) is 5.16 Å². The van der Waals surface area contributed by atoms with Gasteiger partial charge in [-0.2, -0.15) is 4.68 Å². The van der Waals surface area contributed by atoms with Crippen molar-refractivity contribution < 1.29 is 9.47 Å². The lowest BCUT2D eigenvalue weighted by molar-refractivity contribution is 0.337. The van der Waals surface area contributed by atoms with E-state index in [0.29, 0.717) is 18.4 Å². The first-order chi connectivity index (χ1) is 12.3. The molecule has 130 valence electrons. The van der Waals surface area contributed by atoms with Crippen molar-refractivity contribution in [1.82, 2.24) is 20.2 Å². The van der Waals surface area contributed by atoms with Gasteiger partial charge in [-0.05, 0) is 48.5 Å². The molecule has 0 spiro atoms. The summed E-state index contributed by atoms with van der Waals surface area (Å²) in [5.74, 6) is 2.37. The standard InChI is InChI=1S/C18H20N4O2S/c1-3-23-17-7-5-4-6-16(17)22-18(19-20-21-22)25-13-12-24-15-10-8-14(2)9-11-15/h4-11H,3,12-13H2,1-2H3. The first kappa shape index (κ1) is 17.3. The number of hydrogen-bond acceptors (Lipinski definition) is 6. The molecule has 2 aromatic carbocycles. The maximum absolute atomic E-state index is 5.74. The SMILES string of the molecule is CCOc1ccccc1-n1nnnc1SCCOc1ccc(C)cc1. The molecule has 1 aromatic heterocycles. The van der Waals surface area contributed by atoms with Crippen molar-refractivity contribution in [2.75, 3.05) is 19.0 Å². The highest BCUT2D eigenvalue weighted by molar-refractivity contribution is 7.99. The summed E-state index contributed by atoms with van der Waals surface area (Å²) < 4.78 is 13.1. The Kier molecular flexibility index (Phi) is 5.90. The number of aromatic nitrogens is 4. The van der Waals surface area contributed by atoms with E-state index >= 15 is 0 Å². The molecule has 0 atom stereocenters. The fourth-order valence-corrected chi connectivity index (χ4v) is 2.96. The molecule has 0 radical (unpaired) electrons. The van der Waals surface area contributed by atoms with E-state index in [2.05, 4.69) is 22.4 Å². The zero-order chi connectivity index (χ0) is 17.5. The lowest BCUT2D eigenvalue weighted by Crippen LogP contribution is -2.05. The van der Waals surface area contributed by atoms with Gasteiger partial charge in [-0.15, -0.1) is 5.10 Å². The van der Waals surface area contributed by atoms with Gasteiger partial charge in [0.25, 0.3) is 0 Å².